The van der Waals surface area contributed by atoms with Crippen molar-refractivity contribution in [1.29, 1.82) is 0 Å². The lowest BCUT2D eigenvalue weighted by molar-refractivity contribution is -0.164. The second-order valence-corrected chi connectivity index (χ2v) is 8.89. The van der Waals surface area contributed by atoms with Crippen LogP contribution in [0.4, 0.5) is 10.1 Å². The van der Waals surface area contributed by atoms with Gasteiger partial charge in [-0.25, -0.2) is 4.39 Å². The molecule has 2 saturated heterocycles. The van der Waals surface area contributed by atoms with Gasteiger partial charge in [-0.05, 0) is 56.9 Å². The minimum absolute atomic E-state index is 0.0436. The van der Waals surface area contributed by atoms with Gasteiger partial charge in [0.05, 0.1) is 6.42 Å². The molecule has 3 heterocycles. The van der Waals surface area contributed by atoms with Crippen molar-refractivity contribution in [3.63, 3.8) is 0 Å². The van der Waals surface area contributed by atoms with Crippen molar-refractivity contribution in [3.05, 3.63) is 42.2 Å². The van der Waals surface area contributed by atoms with Crippen LogP contribution in [-0.4, -0.2) is 71.9 Å². The number of hydrogen-bond acceptors (Lipinski definition) is 7. The molecule has 11 heteroatoms. The number of anilines is 1. The van der Waals surface area contributed by atoms with Gasteiger partial charge in [-0.1, -0.05) is 12.2 Å². The Hall–Kier alpha value is -3.60. The van der Waals surface area contributed by atoms with Gasteiger partial charge in [-0.2, -0.15) is 0 Å². The molecule has 36 heavy (non-hydrogen) atoms. The number of aldehydes is 1. The van der Waals surface area contributed by atoms with Gasteiger partial charge < -0.3 is 19.7 Å². The molecule has 3 aliphatic heterocycles. The fraction of sp³-hybridized carbons (Fsp3) is 0.480. The zero-order chi connectivity index (χ0) is 25.8. The highest BCUT2D eigenvalue weighted by molar-refractivity contribution is 6.31. The van der Waals surface area contributed by atoms with Crippen molar-refractivity contribution < 1.29 is 37.8 Å². The highest BCUT2D eigenvalue weighted by Crippen LogP contribution is 2.32. The average molecular weight is 502 g/mol. The first-order valence-corrected chi connectivity index (χ1v) is 12.0. The lowest BCUT2D eigenvalue weighted by Crippen LogP contribution is -2.58. The Morgan fingerprint density at radius 3 is 2.61 bits per heavy atom. The van der Waals surface area contributed by atoms with Crippen molar-refractivity contribution in [2.24, 2.45) is 0 Å². The predicted octanol–water partition coefficient (Wildman–Crippen LogP) is 1.23. The SMILES string of the molecule is CCOC1OC(=O)CC1NC(=O)[C@@H]1CC[C@H]2C/C=C\C[C@H](N(C(=O)C=O)c3ccc(F)cc3)C(=O)N21. The van der Waals surface area contributed by atoms with E-state index < -0.39 is 53.9 Å². The van der Waals surface area contributed by atoms with Gasteiger partial charge in [0, 0.05) is 18.3 Å². The van der Waals surface area contributed by atoms with Crippen LogP contribution >= 0.6 is 0 Å². The van der Waals surface area contributed by atoms with Gasteiger partial charge in [0.2, 0.25) is 24.4 Å². The number of carbonyl (C=O) groups is 5. The smallest absolute Gasteiger partial charge is 0.310 e. The third kappa shape index (κ3) is 5.15. The third-order valence-electron chi connectivity index (χ3n) is 6.65. The van der Waals surface area contributed by atoms with Crippen LogP contribution in [0.1, 0.15) is 39.0 Å². The maximum absolute atomic E-state index is 13.9. The Labute approximate surface area is 207 Å². The largest absolute Gasteiger partial charge is 0.433 e. The van der Waals surface area contributed by atoms with E-state index in [0.29, 0.717) is 25.9 Å². The number of nitrogens with one attached hydrogen (secondary N) is 1. The molecule has 0 spiro atoms. The van der Waals surface area contributed by atoms with E-state index in [4.69, 9.17) is 9.47 Å². The quantitative estimate of drug-likeness (QED) is 0.258. The standard InChI is InChI=1S/C25H28FN3O7/c1-2-35-25-18(13-22(32)36-25)27-23(33)19-12-11-16-5-3-4-6-20(24(34)29(16)19)28(21(31)14-30)17-9-7-15(26)8-10-17/h3-4,7-10,14,16,18-20,25H,2,5-6,11-13H2,1H3,(H,27,33)/b4-3-/t16-,18?,19+,20+,25?/m1/s1. The van der Waals surface area contributed by atoms with Crippen molar-refractivity contribution in [1.82, 2.24) is 10.2 Å². The summed E-state index contributed by atoms with van der Waals surface area (Å²) >= 11 is 0. The highest BCUT2D eigenvalue weighted by atomic mass is 19.1. The Morgan fingerprint density at radius 2 is 1.92 bits per heavy atom. The van der Waals surface area contributed by atoms with Gasteiger partial charge in [0.25, 0.3) is 5.91 Å². The number of esters is 1. The topological polar surface area (TPSA) is 122 Å². The van der Waals surface area contributed by atoms with Crippen molar-refractivity contribution >= 4 is 35.7 Å². The zero-order valence-corrected chi connectivity index (χ0v) is 19.8. The molecule has 3 amide bonds. The fourth-order valence-electron chi connectivity index (χ4n) is 5.04. The maximum atomic E-state index is 13.9. The van der Waals surface area contributed by atoms with Gasteiger partial charge >= 0.3 is 5.97 Å². The lowest BCUT2D eigenvalue weighted by Gasteiger charge is -2.38. The fourth-order valence-corrected chi connectivity index (χ4v) is 5.04. The van der Waals surface area contributed by atoms with E-state index in [9.17, 15) is 28.4 Å². The summed E-state index contributed by atoms with van der Waals surface area (Å²) in [6, 6.07) is 2.02. The molecule has 1 aromatic carbocycles. The van der Waals surface area contributed by atoms with Crippen LogP contribution in [0.2, 0.25) is 0 Å². The Morgan fingerprint density at radius 1 is 1.19 bits per heavy atom. The van der Waals surface area contributed by atoms with E-state index >= 15 is 0 Å². The second kappa shape index (κ2) is 11.0. The molecule has 0 bridgehead atoms. The number of carbonyl (C=O) groups excluding carboxylic acids is 5. The van der Waals surface area contributed by atoms with Gasteiger partial charge in [-0.15, -0.1) is 0 Å². The second-order valence-electron chi connectivity index (χ2n) is 8.89. The molecule has 0 saturated carbocycles. The Balaban J connectivity index is 1.60. The summed E-state index contributed by atoms with van der Waals surface area (Å²) in [7, 11) is 0. The summed E-state index contributed by atoms with van der Waals surface area (Å²) in [4.78, 5) is 65.6. The van der Waals surface area contributed by atoms with Crippen LogP contribution in [0.5, 0.6) is 0 Å². The monoisotopic (exact) mass is 501 g/mol. The number of amides is 3. The van der Waals surface area contributed by atoms with Gasteiger partial charge in [0.15, 0.2) is 0 Å². The molecule has 2 fully saturated rings. The van der Waals surface area contributed by atoms with Gasteiger partial charge in [0.1, 0.15) is 23.9 Å². The van der Waals surface area contributed by atoms with Gasteiger partial charge in [-0.3, -0.25) is 28.9 Å². The van der Waals surface area contributed by atoms with Crippen LogP contribution in [0.25, 0.3) is 0 Å². The number of ether oxygens (including phenoxy) is 2. The molecule has 192 valence electrons. The summed E-state index contributed by atoms with van der Waals surface area (Å²) in [6.45, 7) is 2.03. The molecule has 1 aromatic rings. The van der Waals surface area contributed by atoms with E-state index in [1.807, 2.05) is 6.08 Å². The molecule has 1 N–H and O–H groups in total. The number of rotatable bonds is 7. The van der Waals surface area contributed by atoms with E-state index in [-0.39, 0.29) is 30.9 Å². The van der Waals surface area contributed by atoms with Crippen molar-refractivity contribution in [3.8, 4) is 0 Å². The number of nitrogens with zero attached hydrogens (tertiary/aromatic N) is 2. The molecule has 3 aliphatic rings. The summed E-state index contributed by atoms with van der Waals surface area (Å²) in [5, 5.41) is 2.79. The molecule has 0 aromatic heterocycles. The summed E-state index contributed by atoms with van der Waals surface area (Å²) < 4.78 is 24.0. The molecule has 10 nitrogen and oxygen atoms in total. The first-order chi connectivity index (χ1) is 17.3. The molecule has 5 atom stereocenters. The number of benzene rings is 1. The number of cyclic esters (lactones) is 1. The maximum Gasteiger partial charge on any atom is 0.310 e. The average Bonchev–Trinajstić information content (AvgIpc) is 3.43. The highest BCUT2D eigenvalue weighted by Gasteiger charge is 2.47. The van der Waals surface area contributed by atoms with E-state index in [0.717, 1.165) is 17.0 Å². The summed E-state index contributed by atoms with van der Waals surface area (Å²) in [6.07, 6.45) is 4.43. The summed E-state index contributed by atoms with van der Waals surface area (Å²) in [5.74, 6) is -2.90. The van der Waals surface area contributed by atoms with E-state index in [1.54, 1.807) is 13.0 Å². The number of hydrogen-bond donors (Lipinski definition) is 1. The minimum Gasteiger partial charge on any atom is -0.433 e. The normalized spacial score (nSPS) is 28.5. The van der Waals surface area contributed by atoms with Crippen LogP contribution < -0.4 is 10.2 Å². The first-order valence-electron chi connectivity index (χ1n) is 12.0. The van der Waals surface area contributed by atoms with Crippen LogP contribution in [0.15, 0.2) is 36.4 Å². The zero-order valence-electron chi connectivity index (χ0n) is 19.8. The lowest BCUT2D eigenvalue weighted by atomic mass is 10.0. The number of fused-ring (bicyclic) bond motifs is 1. The van der Waals surface area contributed by atoms with Crippen LogP contribution in [0, 0.1) is 5.82 Å². The molecular weight excluding hydrogens is 473 g/mol. The third-order valence-corrected chi connectivity index (χ3v) is 6.65. The molecular formula is C25H28FN3O7. The predicted molar refractivity (Wildman–Crippen MR) is 124 cm³/mol. The Kier molecular flexibility index (Phi) is 7.78. The first kappa shape index (κ1) is 25.5. The van der Waals surface area contributed by atoms with E-state index in [2.05, 4.69) is 5.32 Å². The van der Waals surface area contributed by atoms with Crippen LogP contribution in [-0.2, 0) is 33.4 Å². The van der Waals surface area contributed by atoms with Crippen LogP contribution in [0.3, 0.4) is 0 Å². The van der Waals surface area contributed by atoms with Crippen molar-refractivity contribution in [2.45, 2.75) is 69.5 Å². The Bertz CT molecular complexity index is 1060. The summed E-state index contributed by atoms with van der Waals surface area (Å²) in [5.41, 5.74) is 0.193. The van der Waals surface area contributed by atoms with Crippen molar-refractivity contribution in [2.75, 3.05) is 11.5 Å². The molecule has 2 unspecified atom stereocenters. The van der Waals surface area contributed by atoms with E-state index in [1.165, 1.54) is 17.0 Å². The molecule has 0 radical (unpaired) electrons. The minimum atomic E-state index is -1.10. The molecule has 4 rings (SSSR count). The number of halogens is 1. The molecule has 0 aliphatic carbocycles.